The van der Waals surface area contributed by atoms with Crippen LogP contribution in [-0.4, -0.2) is 42.2 Å². The molecular weight excluding hydrogens is 292 g/mol. The predicted molar refractivity (Wildman–Crippen MR) is 88.9 cm³/mol. The molecule has 1 amide bonds. The molecule has 1 aromatic carbocycles. The van der Waals surface area contributed by atoms with Gasteiger partial charge in [-0.05, 0) is 37.1 Å². The van der Waals surface area contributed by atoms with E-state index in [1.54, 1.807) is 12.4 Å². The Morgan fingerprint density at radius 1 is 1.09 bits per heavy atom. The van der Waals surface area contributed by atoms with Gasteiger partial charge in [0.2, 0.25) is 5.95 Å². The Morgan fingerprint density at radius 3 is 2.30 bits per heavy atom. The summed E-state index contributed by atoms with van der Waals surface area (Å²) in [6, 6.07) is 5.94. The maximum atomic E-state index is 12.3. The van der Waals surface area contributed by atoms with Gasteiger partial charge >= 0.3 is 0 Å². The molecule has 0 aliphatic carbocycles. The Bertz CT molecular complexity index is 674. The van der Waals surface area contributed by atoms with Crippen molar-refractivity contribution >= 4 is 17.5 Å². The molecule has 23 heavy (non-hydrogen) atoms. The van der Waals surface area contributed by atoms with Gasteiger partial charge in [0.1, 0.15) is 0 Å². The number of carbonyl (C=O) groups is 1. The van der Waals surface area contributed by atoms with Gasteiger partial charge in [0.25, 0.3) is 5.91 Å². The molecule has 1 aliphatic rings. The first-order valence-electron chi connectivity index (χ1n) is 7.66. The first-order chi connectivity index (χ1) is 11.1. The van der Waals surface area contributed by atoms with E-state index in [-0.39, 0.29) is 5.91 Å². The zero-order valence-corrected chi connectivity index (χ0v) is 13.4. The third-order valence-electron chi connectivity index (χ3n) is 3.67. The van der Waals surface area contributed by atoms with Crippen LogP contribution in [0, 0.1) is 13.8 Å². The topological polar surface area (TPSA) is 67.4 Å². The molecule has 2 heterocycles. The van der Waals surface area contributed by atoms with E-state index in [1.807, 2.05) is 26.0 Å². The molecule has 0 unspecified atom stereocenters. The molecule has 1 fully saturated rings. The highest BCUT2D eigenvalue weighted by molar-refractivity contribution is 6.04. The van der Waals surface area contributed by atoms with Gasteiger partial charge in [-0.3, -0.25) is 4.79 Å². The first kappa shape index (κ1) is 15.4. The normalized spacial score (nSPS) is 14.6. The third-order valence-corrected chi connectivity index (χ3v) is 3.67. The maximum absolute atomic E-state index is 12.3. The van der Waals surface area contributed by atoms with Crippen LogP contribution in [0.3, 0.4) is 0 Å². The lowest BCUT2D eigenvalue weighted by molar-refractivity contribution is 0.102. The Kier molecular flexibility index (Phi) is 4.52. The summed E-state index contributed by atoms with van der Waals surface area (Å²) in [7, 11) is 0. The number of morpholine rings is 1. The van der Waals surface area contributed by atoms with Crippen LogP contribution in [0.15, 0.2) is 30.6 Å². The van der Waals surface area contributed by atoms with Crippen molar-refractivity contribution < 1.29 is 9.53 Å². The van der Waals surface area contributed by atoms with Gasteiger partial charge < -0.3 is 15.0 Å². The largest absolute Gasteiger partial charge is 0.378 e. The monoisotopic (exact) mass is 312 g/mol. The number of aryl methyl sites for hydroxylation is 2. The Morgan fingerprint density at radius 2 is 1.70 bits per heavy atom. The van der Waals surface area contributed by atoms with Crippen molar-refractivity contribution in [2.45, 2.75) is 13.8 Å². The Hall–Kier alpha value is -2.47. The summed E-state index contributed by atoms with van der Waals surface area (Å²) in [5.74, 6) is 0.430. The van der Waals surface area contributed by atoms with Crippen LogP contribution < -0.4 is 10.2 Å². The number of carbonyl (C=O) groups excluding carboxylic acids is 1. The number of amides is 1. The predicted octanol–water partition coefficient (Wildman–Crippen LogP) is 2.18. The summed E-state index contributed by atoms with van der Waals surface area (Å²) in [5.41, 5.74) is 3.45. The lowest BCUT2D eigenvalue weighted by Gasteiger charge is -2.26. The van der Waals surface area contributed by atoms with Gasteiger partial charge in [-0.25, -0.2) is 9.97 Å². The van der Waals surface area contributed by atoms with E-state index in [0.29, 0.717) is 24.7 Å². The van der Waals surface area contributed by atoms with Crippen molar-refractivity contribution in [2.75, 3.05) is 36.5 Å². The maximum Gasteiger partial charge on any atom is 0.258 e. The number of hydrogen-bond donors (Lipinski definition) is 1. The van der Waals surface area contributed by atoms with Crippen LogP contribution in [0.4, 0.5) is 11.6 Å². The smallest absolute Gasteiger partial charge is 0.258 e. The summed E-state index contributed by atoms with van der Waals surface area (Å²) >= 11 is 0. The number of rotatable bonds is 3. The number of nitrogens with zero attached hydrogens (tertiary/aromatic N) is 3. The van der Waals surface area contributed by atoms with Gasteiger partial charge in [0, 0.05) is 31.2 Å². The van der Waals surface area contributed by atoms with Crippen LogP contribution in [0.25, 0.3) is 0 Å². The molecule has 1 aliphatic heterocycles. The SMILES string of the molecule is Cc1cc(C)cc(NC(=O)c2cnc(N3CCOCC3)nc2)c1. The second kappa shape index (κ2) is 6.75. The van der Waals surface area contributed by atoms with E-state index in [4.69, 9.17) is 4.74 Å². The molecular formula is C17H20N4O2. The molecule has 3 rings (SSSR count). The zero-order valence-electron chi connectivity index (χ0n) is 13.4. The summed E-state index contributed by atoms with van der Waals surface area (Å²) in [5, 5.41) is 2.89. The van der Waals surface area contributed by atoms with Gasteiger partial charge in [0.15, 0.2) is 0 Å². The summed E-state index contributed by atoms with van der Waals surface area (Å²) in [4.78, 5) is 22.9. The van der Waals surface area contributed by atoms with Crippen LogP contribution in [-0.2, 0) is 4.74 Å². The summed E-state index contributed by atoms with van der Waals surface area (Å²) < 4.78 is 5.31. The van der Waals surface area contributed by atoms with Crippen LogP contribution in [0.2, 0.25) is 0 Å². The molecule has 120 valence electrons. The minimum Gasteiger partial charge on any atom is -0.378 e. The Balaban J connectivity index is 1.69. The van der Waals surface area contributed by atoms with Gasteiger partial charge in [0.05, 0.1) is 18.8 Å². The van der Waals surface area contributed by atoms with Crippen molar-refractivity contribution in [1.29, 1.82) is 0 Å². The molecule has 1 aromatic heterocycles. The fourth-order valence-corrected chi connectivity index (χ4v) is 2.62. The van der Waals surface area contributed by atoms with E-state index in [1.165, 1.54) is 0 Å². The van der Waals surface area contributed by atoms with Crippen LogP contribution >= 0.6 is 0 Å². The number of anilines is 2. The van der Waals surface area contributed by atoms with Crippen LogP contribution in [0.5, 0.6) is 0 Å². The van der Waals surface area contributed by atoms with Crippen molar-refractivity contribution in [1.82, 2.24) is 9.97 Å². The van der Waals surface area contributed by atoms with Crippen molar-refractivity contribution in [3.8, 4) is 0 Å². The van der Waals surface area contributed by atoms with E-state index in [0.717, 1.165) is 29.9 Å². The lowest BCUT2D eigenvalue weighted by Crippen LogP contribution is -2.37. The average Bonchev–Trinajstić information content (AvgIpc) is 2.55. The molecule has 0 bridgehead atoms. The standard InChI is InChI=1S/C17H20N4O2/c1-12-7-13(2)9-15(8-12)20-16(22)14-10-18-17(19-11-14)21-3-5-23-6-4-21/h7-11H,3-6H2,1-2H3,(H,20,22). The van der Waals surface area contributed by atoms with Crippen molar-refractivity contribution in [3.05, 3.63) is 47.3 Å². The van der Waals surface area contributed by atoms with E-state index in [9.17, 15) is 4.79 Å². The first-order valence-corrected chi connectivity index (χ1v) is 7.66. The van der Waals surface area contributed by atoms with E-state index >= 15 is 0 Å². The Labute approximate surface area is 135 Å². The number of aromatic nitrogens is 2. The summed E-state index contributed by atoms with van der Waals surface area (Å²) in [6.45, 7) is 6.91. The molecule has 6 heteroatoms. The van der Waals surface area contributed by atoms with Gasteiger partial charge in [-0.15, -0.1) is 0 Å². The van der Waals surface area contributed by atoms with E-state index in [2.05, 4.69) is 26.3 Å². The van der Waals surface area contributed by atoms with Crippen LogP contribution in [0.1, 0.15) is 21.5 Å². The molecule has 0 radical (unpaired) electrons. The summed E-state index contributed by atoms with van der Waals surface area (Å²) in [6.07, 6.45) is 3.13. The van der Waals surface area contributed by atoms with E-state index < -0.39 is 0 Å². The quantitative estimate of drug-likeness (QED) is 0.941. The van der Waals surface area contributed by atoms with Gasteiger partial charge in [-0.1, -0.05) is 6.07 Å². The molecule has 1 saturated heterocycles. The molecule has 2 aromatic rings. The second-order valence-corrected chi connectivity index (χ2v) is 5.70. The fraction of sp³-hybridized carbons (Fsp3) is 0.353. The number of nitrogens with one attached hydrogen (secondary N) is 1. The molecule has 1 N–H and O–H groups in total. The third kappa shape index (κ3) is 3.84. The zero-order chi connectivity index (χ0) is 16.2. The molecule has 6 nitrogen and oxygen atoms in total. The highest BCUT2D eigenvalue weighted by Crippen LogP contribution is 2.15. The number of ether oxygens (including phenoxy) is 1. The van der Waals surface area contributed by atoms with Crippen molar-refractivity contribution in [2.24, 2.45) is 0 Å². The second-order valence-electron chi connectivity index (χ2n) is 5.70. The van der Waals surface area contributed by atoms with Crippen molar-refractivity contribution in [3.63, 3.8) is 0 Å². The minimum atomic E-state index is -0.205. The molecule has 0 atom stereocenters. The molecule has 0 spiro atoms. The highest BCUT2D eigenvalue weighted by atomic mass is 16.5. The lowest BCUT2D eigenvalue weighted by atomic mass is 10.1. The fourth-order valence-electron chi connectivity index (χ4n) is 2.62. The average molecular weight is 312 g/mol. The number of hydrogen-bond acceptors (Lipinski definition) is 5. The minimum absolute atomic E-state index is 0.205. The van der Waals surface area contributed by atoms with Gasteiger partial charge in [-0.2, -0.15) is 0 Å². The molecule has 0 saturated carbocycles. The number of benzene rings is 1. The highest BCUT2D eigenvalue weighted by Gasteiger charge is 2.15.